The summed E-state index contributed by atoms with van der Waals surface area (Å²) < 4.78 is 13.7. The Labute approximate surface area is 392 Å². The third kappa shape index (κ3) is 7.70. The fraction of sp³-hybridized carbons (Fsp3) is 0.0625. The lowest BCUT2D eigenvalue weighted by Gasteiger charge is -2.23. The van der Waals surface area contributed by atoms with E-state index in [4.69, 9.17) is 9.47 Å². The molecule has 0 bridgehead atoms. The summed E-state index contributed by atoms with van der Waals surface area (Å²) >= 11 is 0. The van der Waals surface area contributed by atoms with Crippen LogP contribution in [0.5, 0.6) is 11.5 Å². The van der Waals surface area contributed by atoms with Crippen molar-refractivity contribution in [2.45, 2.75) is 6.92 Å². The fourth-order valence-electron chi connectivity index (χ4n) is 9.77. The van der Waals surface area contributed by atoms with E-state index >= 15 is 0 Å². The first-order valence-corrected chi connectivity index (χ1v) is 22.8. The quantitative estimate of drug-likeness (QED) is 0.111. The zero-order chi connectivity index (χ0) is 46.0. The van der Waals surface area contributed by atoms with Crippen molar-refractivity contribution in [1.29, 1.82) is 0 Å². The predicted molar refractivity (Wildman–Crippen MR) is 288 cm³/mol. The SMILES string of the molecule is C=Cc1ccc(C=C)c(-c2cc(-c3cc(-c4cc(C=C)ccc4C=C)c(OCCO)c(-c4cc5ccccc5c5ccccc45)c3)cc(-c3cc4ccccc4c4ccccc34)c2OCC)c1. The lowest BCUT2D eigenvalue weighted by atomic mass is 9.84. The van der Waals surface area contributed by atoms with Crippen molar-refractivity contribution in [1.82, 2.24) is 0 Å². The molecule has 1 N–H and O–H groups in total. The third-order valence-electron chi connectivity index (χ3n) is 12.9. The molecule has 0 fully saturated rings. The summed E-state index contributed by atoms with van der Waals surface area (Å²) in [4.78, 5) is 0. The summed E-state index contributed by atoms with van der Waals surface area (Å²) in [5, 5.41) is 19.5. The highest BCUT2D eigenvalue weighted by molar-refractivity contribution is 6.16. The minimum absolute atomic E-state index is 0.103. The lowest BCUT2D eigenvalue weighted by molar-refractivity contribution is 0.202. The number of aliphatic hydroxyl groups is 1. The van der Waals surface area contributed by atoms with Crippen molar-refractivity contribution < 1.29 is 14.6 Å². The van der Waals surface area contributed by atoms with E-state index < -0.39 is 0 Å². The minimum atomic E-state index is -0.152. The second-order valence-corrected chi connectivity index (χ2v) is 16.7. The van der Waals surface area contributed by atoms with Gasteiger partial charge in [-0.1, -0.05) is 172 Å². The standard InChI is InChI=1S/C64H50O3/c1-6-41-27-29-43(8-3)55(33-41)59-37-47(39-61(63(59)66-10-5)57-35-45-19-11-13-21-49(45)51-23-15-17-25-53(51)57)48-38-60(56-34-42(7-2)28-30-44(56)9-4)64(67-32-31-65)62(40-48)58-36-46-20-12-14-22-50(46)52-24-16-18-26-54(52)58/h6-9,11-30,33-40,65H,1-4,10,31-32H2,5H3. The van der Waals surface area contributed by atoms with Crippen LogP contribution >= 0.6 is 0 Å². The van der Waals surface area contributed by atoms with Crippen LogP contribution in [0.4, 0.5) is 0 Å². The molecule has 0 aliphatic heterocycles. The molecule has 10 aromatic carbocycles. The van der Waals surface area contributed by atoms with Gasteiger partial charge in [0.2, 0.25) is 0 Å². The molecule has 0 saturated carbocycles. The van der Waals surface area contributed by atoms with Crippen LogP contribution in [-0.2, 0) is 0 Å². The molecule has 3 heteroatoms. The third-order valence-corrected chi connectivity index (χ3v) is 12.9. The Bertz CT molecular complexity index is 3610. The average Bonchev–Trinajstić information content (AvgIpc) is 3.39. The molecule has 0 atom stereocenters. The first kappa shape index (κ1) is 42.7. The zero-order valence-corrected chi connectivity index (χ0v) is 37.7. The van der Waals surface area contributed by atoms with Crippen LogP contribution in [0.2, 0.25) is 0 Å². The van der Waals surface area contributed by atoms with Crippen molar-refractivity contribution >= 4 is 67.4 Å². The van der Waals surface area contributed by atoms with E-state index in [2.05, 4.69) is 196 Å². The molecule has 0 spiro atoms. The first-order chi connectivity index (χ1) is 33.0. The smallest absolute Gasteiger partial charge is 0.135 e. The van der Waals surface area contributed by atoms with Crippen LogP contribution in [-0.4, -0.2) is 24.9 Å². The van der Waals surface area contributed by atoms with Crippen LogP contribution < -0.4 is 9.47 Å². The van der Waals surface area contributed by atoms with E-state index in [1.54, 1.807) is 0 Å². The Kier molecular flexibility index (Phi) is 11.7. The Morgan fingerprint density at radius 1 is 0.388 bits per heavy atom. The molecular weight excluding hydrogens is 817 g/mol. The maximum Gasteiger partial charge on any atom is 0.135 e. The molecule has 10 rings (SSSR count). The molecular formula is C64H50O3. The fourth-order valence-corrected chi connectivity index (χ4v) is 9.77. The molecule has 0 heterocycles. The second kappa shape index (κ2) is 18.3. The minimum Gasteiger partial charge on any atom is -0.493 e. The van der Waals surface area contributed by atoms with Crippen molar-refractivity contribution in [3.05, 3.63) is 218 Å². The van der Waals surface area contributed by atoms with Gasteiger partial charge in [-0.05, 0) is 154 Å². The molecule has 3 nitrogen and oxygen atoms in total. The number of aliphatic hydroxyl groups excluding tert-OH is 1. The van der Waals surface area contributed by atoms with E-state index in [0.29, 0.717) is 12.4 Å². The molecule has 0 amide bonds. The van der Waals surface area contributed by atoms with Gasteiger partial charge >= 0.3 is 0 Å². The molecule has 324 valence electrons. The van der Waals surface area contributed by atoms with Crippen LogP contribution in [0, 0.1) is 0 Å². The highest BCUT2D eigenvalue weighted by Gasteiger charge is 2.25. The molecule has 0 saturated heterocycles. The van der Waals surface area contributed by atoms with Gasteiger partial charge in [-0.3, -0.25) is 0 Å². The Balaban J connectivity index is 1.39. The topological polar surface area (TPSA) is 38.7 Å². The Morgan fingerprint density at radius 3 is 1.18 bits per heavy atom. The number of hydrogen-bond acceptors (Lipinski definition) is 3. The second-order valence-electron chi connectivity index (χ2n) is 16.7. The lowest BCUT2D eigenvalue weighted by Crippen LogP contribution is -2.05. The maximum atomic E-state index is 10.4. The largest absolute Gasteiger partial charge is 0.493 e. The van der Waals surface area contributed by atoms with Crippen molar-refractivity contribution in [3.63, 3.8) is 0 Å². The summed E-state index contributed by atoms with van der Waals surface area (Å²) in [5.74, 6) is 1.45. The van der Waals surface area contributed by atoms with Gasteiger partial charge in [-0.25, -0.2) is 0 Å². The number of benzene rings is 10. The summed E-state index contributed by atoms with van der Waals surface area (Å²) in [6.07, 6.45) is 7.54. The van der Waals surface area contributed by atoms with E-state index in [9.17, 15) is 5.11 Å². The summed E-state index contributed by atoms with van der Waals surface area (Å²) in [5.41, 5.74) is 13.5. The summed E-state index contributed by atoms with van der Waals surface area (Å²) in [6, 6.07) is 60.6. The number of ether oxygens (including phenoxy) is 2. The Hall–Kier alpha value is -8.24. The Morgan fingerprint density at radius 2 is 0.776 bits per heavy atom. The first-order valence-electron chi connectivity index (χ1n) is 22.8. The molecule has 0 radical (unpaired) electrons. The highest BCUT2D eigenvalue weighted by atomic mass is 16.5. The van der Waals surface area contributed by atoms with Gasteiger partial charge in [-0.15, -0.1) is 0 Å². The molecule has 67 heavy (non-hydrogen) atoms. The van der Waals surface area contributed by atoms with Crippen molar-refractivity contribution in [2.75, 3.05) is 19.8 Å². The molecule has 0 unspecified atom stereocenters. The normalized spacial score (nSPS) is 11.3. The van der Waals surface area contributed by atoms with Crippen LogP contribution in [0.1, 0.15) is 29.2 Å². The number of fused-ring (bicyclic) bond motifs is 6. The predicted octanol–water partition coefficient (Wildman–Crippen LogP) is 17.0. The monoisotopic (exact) mass is 866 g/mol. The highest BCUT2D eigenvalue weighted by Crippen LogP contribution is 2.51. The van der Waals surface area contributed by atoms with Gasteiger partial charge in [0, 0.05) is 22.3 Å². The maximum absolute atomic E-state index is 10.4. The van der Waals surface area contributed by atoms with Gasteiger partial charge in [0.05, 0.1) is 13.2 Å². The molecule has 0 aromatic heterocycles. The van der Waals surface area contributed by atoms with Crippen LogP contribution in [0.25, 0.3) is 123 Å². The van der Waals surface area contributed by atoms with E-state index in [-0.39, 0.29) is 13.2 Å². The van der Waals surface area contributed by atoms with E-state index in [0.717, 1.165) is 111 Å². The van der Waals surface area contributed by atoms with Gasteiger partial charge in [-0.2, -0.15) is 0 Å². The van der Waals surface area contributed by atoms with E-state index in [1.807, 2.05) is 31.2 Å². The van der Waals surface area contributed by atoms with Crippen molar-refractivity contribution in [2.24, 2.45) is 0 Å². The van der Waals surface area contributed by atoms with Gasteiger partial charge < -0.3 is 14.6 Å². The number of rotatable bonds is 14. The molecule has 10 aromatic rings. The molecule has 0 aliphatic carbocycles. The van der Waals surface area contributed by atoms with Gasteiger partial charge in [0.25, 0.3) is 0 Å². The average molecular weight is 867 g/mol. The van der Waals surface area contributed by atoms with Crippen LogP contribution in [0.15, 0.2) is 196 Å². The van der Waals surface area contributed by atoms with Crippen molar-refractivity contribution in [3.8, 4) is 67.1 Å². The van der Waals surface area contributed by atoms with Crippen LogP contribution in [0.3, 0.4) is 0 Å². The number of hydrogen-bond donors (Lipinski definition) is 1. The summed E-state index contributed by atoms with van der Waals surface area (Å²) in [6.45, 7) is 19.3. The van der Waals surface area contributed by atoms with E-state index in [1.165, 1.54) is 16.2 Å². The zero-order valence-electron chi connectivity index (χ0n) is 37.7. The van der Waals surface area contributed by atoms with Gasteiger partial charge in [0.15, 0.2) is 0 Å². The van der Waals surface area contributed by atoms with Gasteiger partial charge in [0.1, 0.15) is 18.1 Å². The summed E-state index contributed by atoms with van der Waals surface area (Å²) in [7, 11) is 0. The molecule has 0 aliphatic rings.